The Labute approximate surface area is 240 Å². The van der Waals surface area contributed by atoms with E-state index in [1.807, 2.05) is 38.1 Å². The Morgan fingerprint density at radius 3 is 2.02 bits per heavy atom. The first-order chi connectivity index (χ1) is 18.8. The van der Waals surface area contributed by atoms with E-state index in [0.717, 1.165) is 42.1 Å². The standard InChI is InChI=1S/C27H33BrN2O10/c1-13(2)22-20(11-18-7-9-19(28)10-8-18)26(30-29-22)40-27-25(38-17(6)34)24(37-16(5)33)23(36-15(4)32)21(39-27)12-35-14(3)31/h7-10,13,21,23-25,27H,11-12H2,1-6H3,(H,29,30)/t21-,23-,24+,25-,27+/m1/s1. The molecular weight excluding hydrogens is 592 g/mol. The Balaban J connectivity index is 2.04. The summed E-state index contributed by atoms with van der Waals surface area (Å²) >= 11 is 3.44. The van der Waals surface area contributed by atoms with Crippen molar-refractivity contribution in [2.45, 2.75) is 84.6 Å². The fourth-order valence-electron chi connectivity index (χ4n) is 4.31. The first-order valence-electron chi connectivity index (χ1n) is 12.6. The van der Waals surface area contributed by atoms with Gasteiger partial charge in [-0.25, -0.2) is 0 Å². The number of aromatic amines is 1. The average molecular weight is 625 g/mol. The van der Waals surface area contributed by atoms with Gasteiger partial charge in [0.05, 0.1) is 0 Å². The summed E-state index contributed by atoms with van der Waals surface area (Å²) in [4.78, 5) is 47.7. The van der Waals surface area contributed by atoms with Crippen LogP contribution in [0.3, 0.4) is 0 Å². The van der Waals surface area contributed by atoms with Crippen molar-refractivity contribution in [1.29, 1.82) is 0 Å². The van der Waals surface area contributed by atoms with E-state index in [9.17, 15) is 19.2 Å². The predicted octanol–water partition coefficient (Wildman–Crippen LogP) is 3.35. The first-order valence-corrected chi connectivity index (χ1v) is 13.4. The lowest BCUT2D eigenvalue weighted by atomic mass is 9.97. The van der Waals surface area contributed by atoms with Gasteiger partial charge in [0.1, 0.15) is 12.7 Å². The number of H-pyrrole nitrogens is 1. The van der Waals surface area contributed by atoms with E-state index in [1.165, 1.54) is 6.92 Å². The SMILES string of the molecule is CC(=O)OC[C@H]1O[C@@H](Oc2n[nH]c(C(C)C)c2Cc2ccc(Br)cc2)[C@H](OC(C)=O)[C@@H](OC(C)=O)[C@@H]1OC(C)=O. The Hall–Kier alpha value is -3.45. The van der Waals surface area contributed by atoms with E-state index < -0.39 is 54.6 Å². The second kappa shape index (κ2) is 13.8. The number of hydrogen-bond acceptors (Lipinski definition) is 11. The van der Waals surface area contributed by atoms with Crippen molar-refractivity contribution in [2.75, 3.05) is 6.61 Å². The second-order valence-electron chi connectivity index (χ2n) is 9.56. The molecule has 0 unspecified atom stereocenters. The first kappa shape index (κ1) is 31.1. The molecule has 1 N–H and O–H groups in total. The molecule has 1 saturated heterocycles. The lowest BCUT2D eigenvalue weighted by Crippen LogP contribution is -2.63. The van der Waals surface area contributed by atoms with Crippen LogP contribution in [-0.4, -0.2) is 71.4 Å². The van der Waals surface area contributed by atoms with E-state index in [1.54, 1.807) is 0 Å². The number of rotatable bonds is 10. The lowest BCUT2D eigenvalue weighted by molar-refractivity contribution is -0.289. The van der Waals surface area contributed by atoms with Crippen LogP contribution in [0.15, 0.2) is 28.7 Å². The molecule has 2 aromatic rings. The molecule has 0 spiro atoms. The molecular formula is C27H33BrN2O10. The van der Waals surface area contributed by atoms with Crippen molar-refractivity contribution >= 4 is 39.8 Å². The molecule has 40 heavy (non-hydrogen) atoms. The highest BCUT2D eigenvalue weighted by atomic mass is 79.9. The van der Waals surface area contributed by atoms with E-state index in [0.29, 0.717) is 6.42 Å². The van der Waals surface area contributed by atoms with E-state index >= 15 is 0 Å². The van der Waals surface area contributed by atoms with Crippen LogP contribution >= 0.6 is 15.9 Å². The maximum atomic E-state index is 12.1. The highest BCUT2D eigenvalue weighted by Crippen LogP contribution is 2.34. The van der Waals surface area contributed by atoms with E-state index in [-0.39, 0.29) is 18.4 Å². The number of benzene rings is 1. The Morgan fingerprint density at radius 1 is 0.900 bits per heavy atom. The summed E-state index contributed by atoms with van der Waals surface area (Å²) in [6, 6.07) is 7.76. The number of halogens is 1. The molecule has 0 bridgehead atoms. The van der Waals surface area contributed by atoms with Gasteiger partial charge in [0, 0.05) is 49.8 Å². The van der Waals surface area contributed by atoms with Gasteiger partial charge in [0.25, 0.3) is 0 Å². The van der Waals surface area contributed by atoms with Crippen molar-refractivity contribution in [3.63, 3.8) is 0 Å². The smallest absolute Gasteiger partial charge is 0.303 e. The molecule has 218 valence electrons. The average Bonchev–Trinajstić information content (AvgIpc) is 3.24. The highest BCUT2D eigenvalue weighted by molar-refractivity contribution is 9.10. The number of aromatic nitrogens is 2. The van der Waals surface area contributed by atoms with Crippen LogP contribution in [0.4, 0.5) is 0 Å². The second-order valence-corrected chi connectivity index (χ2v) is 10.5. The maximum absolute atomic E-state index is 12.1. The van der Waals surface area contributed by atoms with Crippen LogP contribution in [-0.2, 0) is 49.3 Å². The van der Waals surface area contributed by atoms with Gasteiger partial charge < -0.3 is 28.4 Å². The van der Waals surface area contributed by atoms with Gasteiger partial charge in [-0.1, -0.05) is 41.9 Å². The minimum Gasteiger partial charge on any atom is -0.463 e. The molecule has 0 radical (unpaired) electrons. The minimum atomic E-state index is -1.38. The number of nitrogens with zero attached hydrogens (tertiary/aromatic N) is 1. The Morgan fingerprint density at radius 2 is 1.48 bits per heavy atom. The van der Waals surface area contributed by atoms with Gasteiger partial charge in [0.2, 0.25) is 18.3 Å². The van der Waals surface area contributed by atoms with E-state index in [4.69, 9.17) is 28.4 Å². The van der Waals surface area contributed by atoms with Crippen molar-refractivity contribution < 1.29 is 47.6 Å². The fourth-order valence-corrected chi connectivity index (χ4v) is 4.57. The highest BCUT2D eigenvalue weighted by Gasteiger charge is 2.53. The summed E-state index contributed by atoms with van der Waals surface area (Å²) in [7, 11) is 0. The number of hydrogen-bond donors (Lipinski definition) is 1. The zero-order chi connectivity index (χ0) is 29.6. The molecule has 0 saturated carbocycles. The topological polar surface area (TPSA) is 152 Å². The third kappa shape index (κ3) is 8.28. The molecule has 12 nitrogen and oxygen atoms in total. The minimum absolute atomic E-state index is 0.0608. The molecule has 0 amide bonds. The number of carbonyl (C=O) groups is 4. The van der Waals surface area contributed by atoms with Gasteiger partial charge in [-0.05, 0) is 23.6 Å². The largest absolute Gasteiger partial charge is 0.463 e. The molecule has 2 heterocycles. The van der Waals surface area contributed by atoms with Crippen LogP contribution in [0.2, 0.25) is 0 Å². The summed E-state index contributed by atoms with van der Waals surface area (Å²) in [6.45, 7) is 8.31. The van der Waals surface area contributed by atoms with Gasteiger partial charge in [-0.3, -0.25) is 24.3 Å². The van der Waals surface area contributed by atoms with Gasteiger partial charge in [-0.15, -0.1) is 5.10 Å². The molecule has 1 aliphatic rings. The summed E-state index contributed by atoms with van der Waals surface area (Å²) in [5, 5.41) is 7.36. The normalized spacial score (nSPS) is 22.4. The van der Waals surface area contributed by atoms with Crippen molar-refractivity contribution in [2.24, 2.45) is 0 Å². The van der Waals surface area contributed by atoms with Crippen LogP contribution in [0.5, 0.6) is 5.88 Å². The van der Waals surface area contributed by atoms with Crippen molar-refractivity contribution in [3.05, 3.63) is 45.6 Å². The van der Waals surface area contributed by atoms with Crippen LogP contribution < -0.4 is 4.74 Å². The number of carbonyl (C=O) groups excluding carboxylic acids is 4. The van der Waals surface area contributed by atoms with Gasteiger partial charge in [0.15, 0.2) is 12.2 Å². The molecule has 1 aliphatic heterocycles. The molecule has 1 aromatic carbocycles. The lowest BCUT2D eigenvalue weighted by Gasteiger charge is -2.43. The van der Waals surface area contributed by atoms with Crippen molar-refractivity contribution in [3.8, 4) is 5.88 Å². The third-order valence-electron chi connectivity index (χ3n) is 5.91. The molecule has 1 fully saturated rings. The molecule has 1 aromatic heterocycles. The maximum Gasteiger partial charge on any atom is 0.303 e. The van der Waals surface area contributed by atoms with E-state index in [2.05, 4.69) is 26.1 Å². The number of esters is 4. The monoisotopic (exact) mass is 624 g/mol. The molecule has 0 aliphatic carbocycles. The summed E-state index contributed by atoms with van der Waals surface area (Å²) in [5.74, 6) is -2.55. The zero-order valence-corrected chi connectivity index (χ0v) is 24.7. The fraction of sp³-hybridized carbons (Fsp3) is 0.519. The Bertz CT molecular complexity index is 1210. The third-order valence-corrected chi connectivity index (χ3v) is 6.44. The molecule has 5 atom stereocenters. The van der Waals surface area contributed by atoms with Gasteiger partial charge in [-0.2, -0.15) is 0 Å². The van der Waals surface area contributed by atoms with Crippen LogP contribution in [0.25, 0.3) is 0 Å². The van der Waals surface area contributed by atoms with Gasteiger partial charge >= 0.3 is 23.9 Å². The number of ether oxygens (including phenoxy) is 6. The summed E-state index contributed by atoms with van der Waals surface area (Å²) in [6.07, 6.45) is -6.04. The molecule has 13 heteroatoms. The zero-order valence-electron chi connectivity index (χ0n) is 23.1. The quantitative estimate of drug-likeness (QED) is 0.306. The van der Waals surface area contributed by atoms with Crippen LogP contribution in [0, 0.1) is 0 Å². The van der Waals surface area contributed by atoms with Crippen LogP contribution in [0.1, 0.15) is 64.3 Å². The summed E-state index contributed by atoms with van der Waals surface area (Å²) < 4.78 is 34.7. The Kier molecular flexibility index (Phi) is 10.7. The molecule has 3 rings (SSSR count). The summed E-state index contributed by atoms with van der Waals surface area (Å²) in [5.41, 5.74) is 2.55. The number of nitrogens with one attached hydrogen (secondary N) is 1. The van der Waals surface area contributed by atoms with Crippen molar-refractivity contribution in [1.82, 2.24) is 10.2 Å². The predicted molar refractivity (Wildman–Crippen MR) is 142 cm³/mol.